The molecule has 1 aromatic rings. The number of hydrogen-bond acceptors (Lipinski definition) is 5. The second-order valence-electron chi connectivity index (χ2n) is 4.70. The average molecular weight is 252 g/mol. The Morgan fingerprint density at radius 3 is 2.56 bits per heavy atom. The minimum atomic E-state index is -0.444. The molecule has 98 valence electrons. The first-order valence-electron chi connectivity index (χ1n) is 6.19. The molecule has 2 aliphatic rings. The number of aryl methyl sites for hydroxylation is 1. The second-order valence-corrected chi connectivity index (χ2v) is 4.70. The van der Waals surface area contributed by atoms with Crippen LogP contribution in [0.4, 0.5) is 0 Å². The Morgan fingerprint density at radius 2 is 2.00 bits per heavy atom. The van der Waals surface area contributed by atoms with Crippen molar-refractivity contribution in [3.05, 3.63) is 17.5 Å². The third kappa shape index (κ3) is 1.91. The molecule has 2 saturated heterocycles. The largest absolute Gasteiger partial charge is 0.361 e. The van der Waals surface area contributed by atoms with Gasteiger partial charge in [0.2, 0.25) is 0 Å². The van der Waals surface area contributed by atoms with E-state index in [-0.39, 0.29) is 5.91 Å². The molecule has 1 spiro atoms. The molecule has 0 bridgehead atoms. The maximum Gasteiger partial charge on any atom is 0.259 e. The van der Waals surface area contributed by atoms with E-state index in [0.717, 1.165) is 12.8 Å². The zero-order valence-electron chi connectivity index (χ0n) is 10.3. The van der Waals surface area contributed by atoms with Crippen molar-refractivity contribution in [2.75, 3.05) is 26.3 Å². The first kappa shape index (κ1) is 11.7. The van der Waals surface area contributed by atoms with Crippen LogP contribution in [-0.2, 0) is 9.47 Å². The predicted octanol–water partition coefficient (Wildman–Crippen LogP) is 0.962. The van der Waals surface area contributed by atoms with Crippen LogP contribution in [0.25, 0.3) is 0 Å². The monoisotopic (exact) mass is 252 g/mol. The Hall–Kier alpha value is -1.40. The molecule has 2 fully saturated rings. The van der Waals surface area contributed by atoms with E-state index in [1.165, 1.54) is 6.20 Å². The van der Waals surface area contributed by atoms with Gasteiger partial charge >= 0.3 is 0 Å². The molecule has 0 saturated carbocycles. The van der Waals surface area contributed by atoms with Gasteiger partial charge in [0.1, 0.15) is 11.3 Å². The summed E-state index contributed by atoms with van der Waals surface area (Å²) in [5.41, 5.74) is 0.541. The summed E-state index contributed by atoms with van der Waals surface area (Å²) in [4.78, 5) is 14.0. The Morgan fingerprint density at radius 1 is 1.33 bits per heavy atom. The van der Waals surface area contributed by atoms with Crippen LogP contribution >= 0.6 is 0 Å². The molecule has 3 rings (SSSR count). The van der Waals surface area contributed by atoms with Crippen molar-refractivity contribution < 1.29 is 18.8 Å². The molecule has 0 atom stereocenters. The van der Waals surface area contributed by atoms with E-state index >= 15 is 0 Å². The third-order valence-corrected chi connectivity index (χ3v) is 3.61. The van der Waals surface area contributed by atoms with Crippen LogP contribution in [0, 0.1) is 6.92 Å². The van der Waals surface area contributed by atoms with Crippen LogP contribution in [0.5, 0.6) is 0 Å². The van der Waals surface area contributed by atoms with Crippen molar-refractivity contribution in [3.63, 3.8) is 0 Å². The zero-order chi connectivity index (χ0) is 12.6. The number of carbonyl (C=O) groups is 1. The van der Waals surface area contributed by atoms with Crippen LogP contribution in [0.15, 0.2) is 10.7 Å². The maximum absolute atomic E-state index is 12.2. The molecule has 3 heterocycles. The highest BCUT2D eigenvalue weighted by Crippen LogP contribution is 2.31. The van der Waals surface area contributed by atoms with Gasteiger partial charge in [0.05, 0.1) is 19.4 Å². The van der Waals surface area contributed by atoms with E-state index in [1.54, 1.807) is 11.8 Å². The Bertz CT molecular complexity index is 441. The van der Waals surface area contributed by atoms with Crippen molar-refractivity contribution in [1.29, 1.82) is 0 Å². The van der Waals surface area contributed by atoms with Crippen LogP contribution in [0.1, 0.15) is 29.0 Å². The van der Waals surface area contributed by atoms with Crippen LogP contribution in [0.2, 0.25) is 0 Å². The van der Waals surface area contributed by atoms with E-state index in [1.807, 2.05) is 0 Å². The minimum absolute atomic E-state index is 0.0263. The van der Waals surface area contributed by atoms with Gasteiger partial charge in [-0.2, -0.15) is 0 Å². The molecule has 0 N–H and O–H groups in total. The number of hydrogen-bond donors (Lipinski definition) is 0. The van der Waals surface area contributed by atoms with E-state index in [0.29, 0.717) is 37.6 Å². The van der Waals surface area contributed by atoms with Gasteiger partial charge in [0.25, 0.3) is 5.91 Å². The first-order chi connectivity index (χ1) is 8.70. The van der Waals surface area contributed by atoms with Gasteiger partial charge in [0, 0.05) is 25.9 Å². The lowest BCUT2D eigenvalue weighted by molar-refractivity contribution is -0.181. The number of rotatable bonds is 1. The third-order valence-electron chi connectivity index (χ3n) is 3.61. The summed E-state index contributed by atoms with van der Waals surface area (Å²) in [6.07, 6.45) is 2.93. The first-order valence-corrected chi connectivity index (χ1v) is 6.19. The van der Waals surface area contributed by atoms with E-state index in [9.17, 15) is 4.79 Å². The molecule has 2 aliphatic heterocycles. The summed E-state index contributed by atoms with van der Waals surface area (Å²) in [6, 6.07) is 0. The van der Waals surface area contributed by atoms with Gasteiger partial charge in [-0.3, -0.25) is 4.79 Å². The number of likely N-dealkylation sites (tertiary alicyclic amines) is 1. The van der Waals surface area contributed by atoms with Crippen molar-refractivity contribution in [1.82, 2.24) is 10.1 Å². The molecule has 6 heteroatoms. The van der Waals surface area contributed by atoms with Gasteiger partial charge < -0.3 is 18.9 Å². The molecule has 18 heavy (non-hydrogen) atoms. The van der Waals surface area contributed by atoms with Crippen LogP contribution in [0.3, 0.4) is 0 Å². The Balaban J connectivity index is 1.66. The van der Waals surface area contributed by atoms with Crippen LogP contribution < -0.4 is 0 Å². The van der Waals surface area contributed by atoms with Crippen molar-refractivity contribution >= 4 is 5.91 Å². The van der Waals surface area contributed by atoms with Gasteiger partial charge in [-0.15, -0.1) is 0 Å². The standard InChI is InChI=1S/C12H16N2O4/c1-9-10(8-13-18-9)11(15)14-4-2-12(3-5-14)16-6-7-17-12/h8H,2-7H2,1H3. The maximum atomic E-state index is 12.2. The number of amides is 1. The molecule has 6 nitrogen and oxygen atoms in total. The van der Waals surface area contributed by atoms with Crippen molar-refractivity contribution in [2.45, 2.75) is 25.6 Å². The SMILES string of the molecule is Cc1oncc1C(=O)N1CCC2(CC1)OCCO2. The number of ether oxygens (including phenoxy) is 2. The van der Waals surface area contributed by atoms with E-state index < -0.39 is 5.79 Å². The number of piperidine rings is 1. The molecule has 0 aromatic carbocycles. The van der Waals surface area contributed by atoms with Crippen molar-refractivity contribution in [3.8, 4) is 0 Å². The Kier molecular flexibility index (Phi) is 2.83. The lowest BCUT2D eigenvalue weighted by Gasteiger charge is -2.37. The fourth-order valence-electron chi connectivity index (χ4n) is 2.51. The summed E-state index contributed by atoms with van der Waals surface area (Å²) in [5.74, 6) is 0.0933. The summed E-state index contributed by atoms with van der Waals surface area (Å²) >= 11 is 0. The Labute approximate surface area is 105 Å². The molecule has 1 amide bonds. The van der Waals surface area contributed by atoms with Gasteiger partial charge in [-0.1, -0.05) is 5.16 Å². The second kappa shape index (κ2) is 4.37. The molecule has 0 aliphatic carbocycles. The topological polar surface area (TPSA) is 64.8 Å². The summed E-state index contributed by atoms with van der Waals surface area (Å²) < 4.78 is 16.2. The normalized spacial score (nSPS) is 22.6. The van der Waals surface area contributed by atoms with E-state index in [2.05, 4.69) is 5.16 Å². The molecule has 0 unspecified atom stereocenters. The molecule has 1 aromatic heterocycles. The van der Waals surface area contributed by atoms with Crippen LogP contribution in [-0.4, -0.2) is 48.1 Å². The number of nitrogens with zero attached hydrogens (tertiary/aromatic N) is 2. The number of aromatic nitrogens is 1. The smallest absolute Gasteiger partial charge is 0.259 e. The lowest BCUT2D eigenvalue weighted by atomic mass is 10.0. The fraction of sp³-hybridized carbons (Fsp3) is 0.667. The van der Waals surface area contributed by atoms with Gasteiger partial charge in [-0.25, -0.2) is 0 Å². The summed E-state index contributed by atoms with van der Waals surface area (Å²) in [7, 11) is 0. The lowest BCUT2D eigenvalue weighted by Crippen LogP contribution is -2.47. The highest BCUT2D eigenvalue weighted by Gasteiger charge is 2.41. The predicted molar refractivity (Wildman–Crippen MR) is 61.0 cm³/mol. The van der Waals surface area contributed by atoms with E-state index in [4.69, 9.17) is 14.0 Å². The summed E-state index contributed by atoms with van der Waals surface area (Å²) in [6.45, 7) is 4.33. The van der Waals surface area contributed by atoms with Gasteiger partial charge in [-0.05, 0) is 6.92 Å². The quantitative estimate of drug-likeness (QED) is 0.745. The minimum Gasteiger partial charge on any atom is -0.361 e. The molecular weight excluding hydrogens is 236 g/mol. The highest BCUT2D eigenvalue weighted by atomic mass is 16.7. The van der Waals surface area contributed by atoms with Gasteiger partial charge in [0.15, 0.2) is 5.79 Å². The zero-order valence-corrected chi connectivity index (χ0v) is 10.3. The summed E-state index contributed by atoms with van der Waals surface area (Å²) in [5, 5.41) is 3.64. The average Bonchev–Trinajstić information content (AvgIpc) is 2.99. The molecule has 0 radical (unpaired) electrons. The highest BCUT2D eigenvalue weighted by molar-refractivity contribution is 5.94. The van der Waals surface area contributed by atoms with Crippen molar-refractivity contribution in [2.24, 2.45) is 0 Å². The molecular formula is C12H16N2O4. The number of carbonyl (C=O) groups excluding carboxylic acids is 1. The fourth-order valence-corrected chi connectivity index (χ4v) is 2.51.